The molecule has 12 heavy (non-hydrogen) atoms. The van der Waals surface area contributed by atoms with Crippen LogP contribution in [0.15, 0.2) is 11.6 Å². The summed E-state index contributed by atoms with van der Waals surface area (Å²) in [5, 5.41) is 0. The maximum Gasteiger partial charge on any atom is 0.158 e. The Hall–Kier alpha value is -0.0500. The highest BCUT2D eigenvalue weighted by Crippen LogP contribution is 2.13. The van der Waals surface area contributed by atoms with Crippen LogP contribution in [0.3, 0.4) is 0 Å². The van der Waals surface area contributed by atoms with E-state index in [9.17, 15) is 0 Å². The van der Waals surface area contributed by atoms with E-state index in [4.69, 9.17) is 21.1 Å². The summed E-state index contributed by atoms with van der Waals surface area (Å²) in [5.74, 6) is 0.595. The van der Waals surface area contributed by atoms with Gasteiger partial charge in [-0.25, -0.2) is 0 Å². The van der Waals surface area contributed by atoms with Crippen LogP contribution in [-0.2, 0) is 9.47 Å². The molecule has 0 aromatic heterocycles. The zero-order valence-corrected chi connectivity index (χ0v) is 8.14. The lowest BCUT2D eigenvalue weighted by molar-refractivity contribution is -0.0461. The average molecular weight is 191 g/mol. The highest BCUT2D eigenvalue weighted by atomic mass is 35.5. The minimum Gasteiger partial charge on any atom is -0.350 e. The van der Waals surface area contributed by atoms with Crippen molar-refractivity contribution in [2.24, 2.45) is 0 Å². The molecule has 0 amide bonds. The summed E-state index contributed by atoms with van der Waals surface area (Å²) < 4.78 is 10.6. The van der Waals surface area contributed by atoms with E-state index in [2.05, 4.69) is 6.92 Å². The average Bonchev–Trinajstić information content (AvgIpc) is 2.53. The van der Waals surface area contributed by atoms with E-state index in [-0.39, 0.29) is 6.29 Å². The smallest absolute Gasteiger partial charge is 0.158 e. The molecule has 1 heterocycles. The molecule has 1 aliphatic heterocycles. The summed E-state index contributed by atoms with van der Waals surface area (Å²) in [6.07, 6.45) is 4.00. The van der Waals surface area contributed by atoms with Crippen LogP contribution in [0.25, 0.3) is 0 Å². The lowest BCUT2D eigenvalue weighted by Gasteiger charge is -2.08. The van der Waals surface area contributed by atoms with Crippen molar-refractivity contribution in [2.45, 2.75) is 26.1 Å². The first-order valence-electron chi connectivity index (χ1n) is 4.27. The van der Waals surface area contributed by atoms with E-state index < -0.39 is 0 Å². The fourth-order valence-corrected chi connectivity index (χ4v) is 1.42. The van der Waals surface area contributed by atoms with E-state index in [0.29, 0.717) is 5.88 Å². The summed E-state index contributed by atoms with van der Waals surface area (Å²) >= 11 is 5.55. The van der Waals surface area contributed by atoms with Crippen molar-refractivity contribution < 1.29 is 9.47 Å². The summed E-state index contributed by atoms with van der Waals surface area (Å²) in [4.78, 5) is 0. The number of hydrogen-bond acceptors (Lipinski definition) is 2. The number of halogens is 1. The Labute approximate surface area is 78.5 Å². The number of hydrogen-bond donors (Lipinski definition) is 0. The fraction of sp³-hybridized carbons (Fsp3) is 0.778. The second-order valence-electron chi connectivity index (χ2n) is 2.91. The minimum atomic E-state index is 0.0173. The van der Waals surface area contributed by atoms with Crippen LogP contribution < -0.4 is 0 Å². The molecule has 1 rings (SSSR count). The number of ether oxygens (including phenoxy) is 2. The molecule has 70 valence electrons. The predicted octanol–water partition coefficient (Wildman–Crippen LogP) is 2.32. The summed E-state index contributed by atoms with van der Waals surface area (Å²) in [5.41, 5.74) is 1.31. The molecule has 1 fully saturated rings. The van der Waals surface area contributed by atoms with E-state index in [1.807, 2.05) is 6.08 Å². The van der Waals surface area contributed by atoms with E-state index in [1.165, 1.54) is 5.57 Å². The second-order valence-corrected chi connectivity index (χ2v) is 3.22. The predicted molar refractivity (Wildman–Crippen MR) is 49.4 cm³/mol. The molecule has 0 N–H and O–H groups in total. The van der Waals surface area contributed by atoms with Crippen LogP contribution in [0.5, 0.6) is 0 Å². The SMILES string of the molecule is C/C(=C\CCl)CCC1OCCO1. The first-order valence-corrected chi connectivity index (χ1v) is 4.81. The zero-order chi connectivity index (χ0) is 8.81. The second kappa shape index (κ2) is 5.57. The van der Waals surface area contributed by atoms with Gasteiger partial charge in [0, 0.05) is 12.3 Å². The molecule has 0 bridgehead atoms. The molecule has 0 saturated carbocycles. The lowest BCUT2D eigenvalue weighted by atomic mass is 10.1. The Balaban J connectivity index is 2.11. The molecule has 0 spiro atoms. The molecular formula is C9H15ClO2. The quantitative estimate of drug-likeness (QED) is 0.501. The molecule has 0 radical (unpaired) electrons. The van der Waals surface area contributed by atoms with Crippen molar-refractivity contribution in [3.05, 3.63) is 11.6 Å². The van der Waals surface area contributed by atoms with E-state index >= 15 is 0 Å². The molecule has 1 saturated heterocycles. The van der Waals surface area contributed by atoms with Gasteiger partial charge in [0.05, 0.1) is 13.2 Å². The highest BCUT2D eigenvalue weighted by molar-refractivity contribution is 6.18. The highest BCUT2D eigenvalue weighted by Gasteiger charge is 2.14. The van der Waals surface area contributed by atoms with Gasteiger partial charge in [0.2, 0.25) is 0 Å². The van der Waals surface area contributed by atoms with Crippen LogP contribution >= 0.6 is 11.6 Å². The maximum absolute atomic E-state index is 5.55. The molecule has 1 aliphatic rings. The van der Waals surface area contributed by atoms with Crippen molar-refractivity contribution in [1.82, 2.24) is 0 Å². The Morgan fingerprint density at radius 3 is 2.75 bits per heavy atom. The van der Waals surface area contributed by atoms with Gasteiger partial charge in [0.15, 0.2) is 6.29 Å². The maximum atomic E-state index is 5.55. The largest absolute Gasteiger partial charge is 0.350 e. The van der Waals surface area contributed by atoms with Gasteiger partial charge in [0.1, 0.15) is 0 Å². The van der Waals surface area contributed by atoms with Gasteiger partial charge in [-0.15, -0.1) is 11.6 Å². The molecule has 0 unspecified atom stereocenters. The molecule has 2 nitrogen and oxygen atoms in total. The molecule has 0 atom stereocenters. The summed E-state index contributed by atoms with van der Waals surface area (Å²) in [7, 11) is 0. The summed E-state index contributed by atoms with van der Waals surface area (Å²) in [6, 6.07) is 0. The van der Waals surface area contributed by atoms with Crippen LogP contribution in [0.1, 0.15) is 19.8 Å². The van der Waals surface area contributed by atoms with Gasteiger partial charge < -0.3 is 9.47 Å². The van der Waals surface area contributed by atoms with Crippen molar-refractivity contribution in [3.63, 3.8) is 0 Å². The Bertz CT molecular complexity index is 151. The molecule has 0 aromatic rings. The third-order valence-corrected chi connectivity index (χ3v) is 2.05. The molecular weight excluding hydrogens is 176 g/mol. The number of allylic oxidation sites excluding steroid dienone is 2. The number of rotatable bonds is 4. The van der Waals surface area contributed by atoms with Gasteiger partial charge >= 0.3 is 0 Å². The first kappa shape index (κ1) is 10.0. The van der Waals surface area contributed by atoms with Crippen LogP contribution in [0.2, 0.25) is 0 Å². The van der Waals surface area contributed by atoms with Crippen LogP contribution in [-0.4, -0.2) is 25.4 Å². The molecule has 0 aliphatic carbocycles. The van der Waals surface area contributed by atoms with Crippen molar-refractivity contribution >= 4 is 11.6 Å². The first-order chi connectivity index (χ1) is 5.83. The minimum absolute atomic E-state index is 0.0173. The van der Waals surface area contributed by atoms with Gasteiger partial charge in [0.25, 0.3) is 0 Å². The Morgan fingerprint density at radius 2 is 2.17 bits per heavy atom. The van der Waals surface area contributed by atoms with E-state index in [0.717, 1.165) is 26.1 Å². The third-order valence-electron chi connectivity index (χ3n) is 1.89. The van der Waals surface area contributed by atoms with Crippen molar-refractivity contribution in [1.29, 1.82) is 0 Å². The van der Waals surface area contributed by atoms with Gasteiger partial charge in [-0.05, 0) is 13.3 Å². The standard InChI is InChI=1S/C9H15ClO2/c1-8(4-5-10)2-3-9-11-6-7-12-9/h4,9H,2-3,5-7H2,1H3/b8-4+. The van der Waals surface area contributed by atoms with Gasteiger partial charge in [-0.2, -0.15) is 0 Å². The normalized spacial score (nSPS) is 20.3. The van der Waals surface area contributed by atoms with Crippen molar-refractivity contribution in [3.8, 4) is 0 Å². The molecule has 0 aromatic carbocycles. The summed E-state index contributed by atoms with van der Waals surface area (Å²) in [6.45, 7) is 3.56. The molecule has 3 heteroatoms. The van der Waals surface area contributed by atoms with Crippen molar-refractivity contribution in [2.75, 3.05) is 19.1 Å². The Morgan fingerprint density at radius 1 is 1.50 bits per heavy atom. The monoisotopic (exact) mass is 190 g/mol. The number of alkyl halides is 1. The van der Waals surface area contributed by atoms with Crippen LogP contribution in [0, 0.1) is 0 Å². The zero-order valence-electron chi connectivity index (χ0n) is 7.38. The Kier molecular flexibility index (Phi) is 4.66. The topological polar surface area (TPSA) is 18.5 Å². The lowest BCUT2D eigenvalue weighted by Crippen LogP contribution is -2.06. The van der Waals surface area contributed by atoms with Crippen LogP contribution in [0.4, 0.5) is 0 Å². The van der Waals surface area contributed by atoms with Gasteiger partial charge in [-0.1, -0.05) is 11.6 Å². The van der Waals surface area contributed by atoms with E-state index in [1.54, 1.807) is 0 Å². The fourth-order valence-electron chi connectivity index (χ4n) is 1.15. The third kappa shape index (κ3) is 3.57. The van der Waals surface area contributed by atoms with Gasteiger partial charge in [-0.3, -0.25) is 0 Å².